The van der Waals surface area contributed by atoms with Crippen LogP contribution in [0.5, 0.6) is 5.75 Å². The molecule has 0 aliphatic carbocycles. The summed E-state index contributed by atoms with van der Waals surface area (Å²) in [5, 5.41) is 11.9. The molecular weight excluding hydrogens is 448 g/mol. The number of carboxylic acid groups (broad SMARTS) is 1. The van der Waals surface area contributed by atoms with Crippen LogP contribution < -0.4 is 10.1 Å². The van der Waals surface area contributed by atoms with Crippen molar-refractivity contribution in [2.75, 3.05) is 0 Å². The Morgan fingerprint density at radius 1 is 1.12 bits per heavy atom. The molecule has 1 saturated heterocycles. The Morgan fingerprint density at radius 2 is 1.82 bits per heavy atom. The van der Waals surface area contributed by atoms with Crippen LogP contribution in [0.4, 0.5) is 0 Å². The Morgan fingerprint density at radius 3 is 2.52 bits per heavy atom. The van der Waals surface area contributed by atoms with Gasteiger partial charge in [-0.3, -0.25) is 14.4 Å². The van der Waals surface area contributed by atoms with Crippen molar-refractivity contribution < 1.29 is 29.0 Å². The number of ketones is 1. The lowest BCUT2D eigenvalue weighted by Crippen LogP contribution is -2.73. The number of likely N-dealkylation sites (tertiary alicyclic amines) is 1. The Kier molecular flexibility index (Phi) is 6.65. The lowest BCUT2D eigenvalue weighted by Gasteiger charge is -2.48. The van der Waals surface area contributed by atoms with Crippen LogP contribution in [0.3, 0.4) is 0 Å². The van der Waals surface area contributed by atoms with E-state index in [1.807, 2.05) is 36.4 Å². The molecule has 2 N–H and O–H groups in total. The number of nitrogens with one attached hydrogen (secondary N) is 1. The Hall–Kier alpha value is -3.39. The third-order valence-corrected chi connectivity index (χ3v) is 6.32. The van der Waals surface area contributed by atoms with Crippen molar-refractivity contribution in [2.24, 2.45) is 0 Å². The summed E-state index contributed by atoms with van der Waals surface area (Å²) in [6.45, 7) is 0. The maximum absolute atomic E-state index is 12.8. The lowest BCUT2D eigenvalue weighted by molar-refractivity contribution is -0.163. The summed E-state index contributed by atoms with van der Waals surface area (Å²) in [5.41, 5.74) is 0.157. The first-order valence-electron chi connectivity index (χ1n) is 10.6. The quantitative estimate of drug-likeness (QED) is 0.329. The van der Waals surface area contributed by atoms with Crippen molar-refractivity contribution in [3.63, 3.8) is 0 Å². The largest absolute Gasteiger partial charge is 0.482 e. The molecule has 2 heterocycles. The third-order valence-electron chi connectivity index (χ3n) is 5.93. The standard InChI is InChI=1S/C24H23ClN2O6/c25-22(24(31)32)27-16(10-11-17(28)19-13-15-8-4-5-9-18(15)33-19)21(23(27)30)26-20(29)12-14-6-2-1-3-7-14/h1-9,16,19,21-22H,10-13H2,(H,26,29)(H,31,32)/t16-,19?,21+,22?/m1/s1. The van der Waals surface area contributed by atoms with Gasteiger partial charge in [-0.2, -0.15) is 0 Å². The van der Waals surface area contributed by atoms with Crippen LogP contribution in [0.15, 0.2) is 54.6 Å². The number of carbonyl (C=O) groups is 4. The Bertz CT molecular complexity index is 1050. The number of fused-ring (bicyclic) bond motifs is 1. The molecule has 4 rings (SSSR count). The van der Waals surface area contributed by atoms with Gasteiger partial charge in [0.25, 0.3) is 0 Å². The Labute approximate surface area is 195 Å². The Balaban J connectivity index is 1.39. The second-order valence-electron chi connectivity index (χ2n) is 8.12. The lowest BCUT2D eigenvalue weighted by atomic mass is 9.88. The second-order valence-corrected chi connectivity index (χ2v) is 8.53. The maximum Gasteiger partial charge on any atom is 0.342 e. The number of hydrogen-bond acceptors (Lipinski definition) is 5. The van der Waals surface area contributed by atoms with Crippen molar-refractivity contribution in [1.82, 2.24) is 10.2 Å². The maximum atomic E-state index is 12.8. The number of Topliss-reactive ketones (excluding diaryl/α,β-unsaturated/α-hetero) is 1. The van der Waals surface area contributed by atoms with E-state index in [1.54, 1.807) is 18.2 Å². The highest BCUT2D eigenvalue weighted by Crippen LogP contribution is 2.32. The summed E-state index contributed by atoms with van der Waals surface area (Å²) in [6, 6.07) is 14.8. The number of amides is 2. The van der Waals surface area contributed by atoms with E-state index >= 15 is 0 Å². The fourth-order valence-corrected chi connectivity index (χ4v) is 4.49. The molecule has 2 aromatic rings. The molecule has 33 heavy (non-hydrogen) atoms. The number of carbonyl (C=O) groups excluding carboxylic acids is 3. The van der Waals surface area contributed by atoms with E-state index in [0.29, 0.717) is 12.2 Å². The summed E-state index contributed by atoms with van der Waals surface area (Å²) in [7, 11) is 0. The first-order valence-corrected chi connectivity index (χ1v) is 11.1. The number of hydrogen-bond donors (Lipinski definition) is 2. The molecule has 8 nitrogen and oxygen atoms in total. The predicted molar refractivity (Wildman–Crippen MR) is 119 cm³/mol. The average Bonchev–Trinajstić information content (AvgIpc) is 3.24. The molecule has 0 saturated carbocycles. The zero-order chi connectivity index (χ0) is 23.5. The molecule has 9 heteroatoms. The monoisotopic (exact) mass is 470 g/mol. The highest BCUT2D eigenvalue weighted by atomic mass is 35.5. The molecule has 2 aromatic carbocycles. The topological polar surface area (TPSA) is 113 Å². The van der Waals surface area contributed by atoms with Crippen molar-refractivity contribution >= 4 is 35.2 Å². The number of rotatable bonds is 9. The van der Waals surface area contributed by atoms with Gasteiger partial charge in [0.05, 0.1) is 12.5 Å². The summed E-state index contributed by atoms with van der Waals surface area (Å²) in [4.78, 5) is 50.2. The molecule has 2 aliphatic rings. The SMILES string of the molecule is O=C(Cc1ccccc1)N[C@@H]1C(=O)N(C(Cl)C(=O)O)[C@@H]1CCC(=O)C1Cc2ccccc2O1. The third kappa shape index (κ3) is 4.85. The highest BCUT2D eigenvalue weighted by molar-refractivity contribution is 6.30. The first-order chi connectivity index (χ1) is 15.8. The molecule has 2 unspecified atom stereocenters. The molecule has 0 spiro atoms. The van der Waals surface area contributed by atoms with Gasteiger partial charge < -0.3 is 20.1 Å². The summed E-state index contributed by atoms with van der Waals surface area (Å²) in [5.74, 6) is -1.80. The molecule has 2 amide bonds. The fraction of sp³-hybridized carbons (Fsp3) is 0.333. The second kappa shape index (κ2) is 9.62. The van der Waals surface area contributed by atoms with Gasteiger partial charge in [-0.1, -0.05) is 60.1 Å². The van der Waals surface area contributed by atoms with E-state index in [-0.39, 0.29) is 31.0 Å². The van der Waals surface area contributed by atoms with E-state index in [0.717, 1.165) is 16.0 Å². The zero-order valence-corrected chi connectivity index (χ0v) is 18.4. The minimum absolute atomic E-state index is 0.0569. The van der Waals surface area contributed by atoms with Gasteiger partial charge in [0.15, 0.2) is 11.9 Å². The molecule has 0 radical (unpaired) electrons. The number of ether oxygens (including phenoxy) is 1. The smallest absolute Gasteiger partial charge is 0.342 e. The van der Waals surface area contributed by atoms with Crippen LogP contribution in [-0.4, -0.2) is 57.3 Å². The van der Waals surface area contributed by atoms with Crippen LogP contribution in [0, 0.1) is 0 Å². The van der Waals surface area contributed by atoms with E-state index in [9.17, 15) is 24.3 Å². The van der Waals surface area contributed by atoms with Crippen LogP contribution in [0.2, 0.25) is 0 Å². The minimum Gasteiger partial charge on any atom is -0.482 e. The normalized spacial score (nSPS) is 22.0. The number of halogens is 1. The number of para-hydroxylation sites is 1. The predicted octanol–water partition coefficient (Wildman–Crippen LogP) is 1.93. The van der Waals surface area contributed by atoms with E-state index in [1.165, 1.54) is 0 Å². The summed E-state index contributed by atoms with van der Waals surface area (Å²) < 4.78 is 5.72. The van der Waals surface area contributed by atoms with Crippen molar-refractivity contribution in [2.45, 2.75) is 49.4 Å². The molecule has 172 valence electrons. The first kappa shape index (κ1) is 22.8. The van der Waals surface area contributed by atoms with Crippen molar-refractivity contribution in [3.05, 3.63) is 65.7 Å². The zero-order valence-electron chi connectivity index (χ0n) is 17.6. The van der Waals surface area contributed by atoms with Crippen LogP contribution in [0.1, 0.15) is 24.0 Å². The van der Waals surface area contributed by atoms with Gasteiger partial charge >= 0.3 is 5.97 Å². The average molecular weight is 471 g/mol. The summed E-state index contributed by atoms with van der Waals surface area (Å²) >= 11 is 5.93. The van der Waals surface area contributed by atoms with Gasteiger partial charge in [-0.25, -0.2) is 4.79 Å². The summed E-state index contributed by atoms with van der Waals surface area (Å²) in [6.07, 6.45) is 0.138. The van der Waals surface area contributed by atoms with Gasteiger partial charge in [-0.15, -0.1) is 0 Å². The molecule has 0 bridgehead atoms. The van der Waals surface area contributed by atoms with Crippen LogP contribution >= 0.6 is 11.6 Å². The van der Waals surface area contributed by atoms with E-state index < -0.39 is 35.6 Å². The van der Waals surface area contributed by atoms with Crippen molar-refractivity contribution in [3.8, 4) is 5.75 Å². The molecular formula is C24H23ClN2O6. The van der Waals surface area contributed by atoms with Gasteiger partial charge in [0.1, 0.15) is 11.8 Å². The number of alkyl halides is 1. The van der Waals surface area contributed by atoms with Gasteiger partial charge in [0, 0.05) is 12.8 Å². The number of β-lactam (4-membered cyclic amide) rings is 1. The minimum atomic E-state index is -1.58. The van der Waals surface area contributed by atoms with Gasteiger partial charge in [-0.05, 0) is 23.6 Å². The number of aliphatic carboxylic acids is 1. The van der Waals surface area contributed by atoms with Crippen molar-refractivity contribution in [1.29, 1.82) is 0 Å². The molecule has 1 fully saturated rings. The molecule has 2 aliphatic heterocycles. The molecule has 0 aromatic heterocycles. The number of carboxylic acids is 1. The highest BCUT2D eigenvalue weighted by Gasteiger charge is 2.52. The van der Waals surface area contributed by atoms with Crippen LogP contribution in [-0.2, 0) is 32.0 Å². The van der Waals surface area contributed by atoms with Crippen LogP contribution in [0.25, 0.3) is 0 Å². The number of benzene rings is 2. The molecule has 4 atom stereocenters. The van der Waals surface area contributed by atoms with Gasteiger partial charge in [0.2, 0.25) is 17.3 Å². The number of nitrogens with zero attached hydrogens (tertiary/aromatic N) is 1. The van der Waals surface area contributed by atoms with E-state index in [4.69, 9.17) is 16.3 Å². The van der Waals surface area contributed by atoms with E-state index in [2.05, 4.69) is 5.32 Å². The fourth-order valence-electron chi connectivity index (χ4n) is 4.25.